The number of hydrogen-bond donors (Lipinski definition) is 1. The summed E-state index contributed by atoms with van der Waals surface area (Å²) in [6.07, 6.45) is 0. The molecule has 4 nitrogen and oxygen atoms in total. The Labute approximate surface area is 112 Å². The summed E-state index contributed by atoms with van der Waals surface area (Å²) in [7, 11) is 0. The largest absolute Gasteiger partial charge is 0.464 e. The zero-order valence-electron chi connectivity index (χ0n) is 11.3. The summed E-state index contributed by atoms with van der Waals surface area (Å²) in [5.74, 6) is -1.40. The molecule has 0 aliphatic heterocycles. The van der Waals surface area contributed by atoms with Crippen LogP contribution in [0.1, 0.15) is 31.1 Å². The van der Waals surface area contributed by atoms with Gasteiger partial charge in [-0.2, -0.15) is 0 Å². The minimum absolute atomic E-state index is 0.0940. The topological polar surface area (TPSA) is 55.4 Å². The minimum Gasteiger partial charge on any atom is -0.464 e. The summed E-state index contributed by atoms with van der Waals surface area (Å²) in [6.45, 7) is 5.59. The lowest BCUT2D eigenvalue weighted by Crippen LogP contribution is -2.45. The van der Waals surface area contributed by atoms with Gasteiger partial charge in [0.1, 0.15) is 11.9 Å². The average molecular weight is 267 g/mol. The fourth-order valence-electron chi connectivity index (χ4n) is 1.56. The summed E-state index contributed by atoms with van der Waals surface area (Å²) in [6, 6.07) is 4.42. The van der Waals surface area contributed by atoms with E-state index in [0.29, 0.717) is 5.56 Å². The first-order chi connectivity index (χ1) is 8.95. The number of hydrogen-bond acceptors (Lipinski definition) is 3. The molecular weight excluding hydrogens is 249 g/mol. The van der Waals surface area contributed by atoms with E-state index in [2.05, 4.69) is 5.32 Å². The Balaban J connectivity index is 2.76. The monoisotopic (exact) mass is 267 g/mol. The highest BCUT2D eigenvalue weighted by atomic mass is 19.1. The third-order valence-corrected chi connectivity index (χ3v) is 2.60. The molecule has 0 fully saturated rings. The molecular formula is C14H18FNO3. The number of carbonyl (C=O) groups is 2. The van der Waals surface area contributed by atoms with Crippen LogP contribution in [0.3, 0.4) is 0 Å². The van der Waals surface area contributed by atoms with E-state index < -0.39 is 23.7 Å². The smallest absolute Gasteiger partial charge is 0.328 e. The fraction of sp³-hybridized carbons (Fsp3) is 0.429. The second-order valence-corrected chi connectivity index (χ2v) is 4.45. The molecule has 1 unspecified atom stereocenters. The Morgan fingerprint density at radius 3 is 2.32 bits per heavy atom. The molecule has 0 bridgehead atoms. The van der Waals surface area contributed by atoms with Crippen molar-refractivity contribution in [3.63, 3.8) is 0 Å². The molecule has 0 heterocycles. The van der Waals surface area contributed by atoms with Gasteiger partial charge in [-0.05, 0) is 37.1 Å². The van der Waals surface area contributed by atoms with Gasteiger partial charge >= 0.3 is 5.97 Å². The van der Waals surface area contributed by atoms with E-state index in [1.807, 2.05) is 13.8 Å². The number of rotatable bonds is 5. The second-order valence-electron chi connectivity index (χ2n) is 4.45. The molecule has 0 saturated heterocycles. The number of ether oxygens (including phenoxy) is 1. The molecule has 0 aliphatic carbocycles. The third-order valence-electron chi connectivity index (χ3n) is 2.60. The van der Waals surface area contributed by atoms with E-state index in [1.165, 1.54) is 24.3 Å². The molecule has 0 saturated carbocycles. The van der Waals surface area contributed by atoms with Crippen molar-refractivity contribution in [1.29, 1.82) is 0 Å². The maximum atomic E-state index is 12.8. The van der Waals surface area contributed by atoms with Gasteiger partial charge in [-0.3, -0.25) is 4.79 Å². The molecule has 1 aromatic carbocycles. The molecule has 0 aromatic heterocycles. The molecule has 0 aliphatic rings. The van der Waals surface area contributed by atoms with Gasteiger partial charge in [-0.1, -0.05) is 13.8 Å². The van der Waals surface area contributed by atoms with Crippen LogP contribution in [0.15, 0.2) is 24.3 Å². The van der Waals surface area contributed by atoms with Crippen LogP contribution in [-0.2, 0) is 9.53 Å². The zero-order valence-corrected chi connectivity index (χ0v) is 11.3. The van der Waals surface area contributed by atoms with Crippen molar-refractivity contribution >= 4 is 11.9 Å². The van der Waals surface area contributed by atoms with Gasteiger partial charge in [-0.25, -0.2) is 9.18 Å². The average Bonchev–Trinajstić information content (AvgIpc) is 2.36. The number of nitrogens with one attached hydrogen (secondary N) is 1. The molecule has 104 valence electrons. The molecule has 19 heavy (non-hydrogen) atoms. The molecule has 1 aromatic rings. The van der Waals surface area contributed by atoms with Crippen molar-refractivity contribution in [3.8, 4) is 0 Å². The molecule has 0 radical (unpaired) electrons. The first kappa shape index (κ1) is 15.1. The van der Waals surface area contributed by atoms with Crippen molar-refractivity contribution in [2.75, 3.05) is 6.61 Å². The van der Waals surface area contributed by atoms with Crippen LogP contribution in [-0.4, -0.2) is 24.5 Å². The van der Waals surface area contributed by atoms with Gasteiger partial charge < -0.3 is 10.1 Å². The van der Waals surface area contributed by atoms with Crippen LogP contribution in [0.25, 0.3) is 0 Å². The van der Waals surface area contributed by atoms with Crippen molar-refractivity contribution in [1.82, 2.24) is 5.32 Å². The van der Waals surface area contributed by atoms with Gasteiger partial charge in [-0.15, -0.1) is 0 Å². The van der Waals surface area contributed by atoms with Crippen LogP contribution in [0.4, 0.5) is 4.39 Å². The van der Waals surface area contributed by atoms with E-state index in [4.69, 9.17) is 4.74 Å². The highest BCUT2D eigenvalue weighted by Gasteiger charge is 2.25. The first-order valence-corrected chi connectivity index (χ1v) is 6.18. The van der Waals surface area contributed by atoms with E-state index in [0.717, 1.165) is 0 Å². The second kappa shape index (κ2) is 6.87. The first-order valence-electron chi connectivity index (χ1n) is 6.18. The summed E-state index contributed by atoms with van der Waals surface area (Å²) in [5.41, 5.74) is 0.302. The maximum absolute atomic E-state index is 12.8. The van der Waals surface area contributed by atoms with Crippen molar-refractivity contribution in [3.05, 3.63) is 35.6 Å². The lowest BCUT2D eigenvalue weighted by atomic mass is 10.0. The normalized spacial score (nSPS) is 12.1. The van der Waals surface area contributed by atoms with E-state index in [1.54, 1.807) is 6.92 Å². The Bertz CT molecular complexity index is 443. The predicted octanol–water partition coefficient (Wildman–Crippen LogP) is 2.14. The van der Waals surface area contributed by atoms with Crippen LogP contribution in [0, 0.1) is 11.7 Å². The predicted molar refractivity (Wildman–Crippen MR) is 69.1 cm³/mol. The molecule has 1 amide bonds. The van der Waals surface area contributed by atoms with Crippen molar-refractivity contribution in [2.24, 2.45) is 5.92 Å². The third kappa shape index (κ3) is 4.35. The van der Waals surface area contributed by atoms with Crippen molar-refractivity contribution in [2.45, 2.75) is 26.8 Å². The van der Waals surface area contributed by atoms with Crippen LogP contribution in [0.2, 0.25) is 0 Å². The zero-order chi connectivity index (χ0) is 14.4. The van der Waals surface area contributed by atoms with Gasteiger partial charge in [0.05, 0.1) is 6.61 Å². The van der Waals surface area contributed by atoms with Crippen LogP contribution in [0.5, 0.6) is 0 Å². The summed E-state index contributed by atoms with van der Waals surface area (Å²) >= 11 is 0. The van der Waals surface area contributed by atoms with Gasteiger partial charge in [0.15, 0.2) is 0 Å². The van der Waals surface area contributed by atoms with E-state index in [-0.39, 0.29) is 12.5 Å². The summed E-state index contributed by atoms with van der Waals surface area (Å²) < 4.78 is 17.7. The molecule has 1 rings (SSSR count). The number of carbonyl (C=O) groups excluding carboxylic acids is 2. The SMILES string of the molecule is CCOC(=O)C(NC(=O)c1ccc(F)cc1)C(C)C. The fourth-order valence-corrected chi connectivity index (χ4v) is 1.56. The minimum atomic E-state index is -0.711. The Morgan fingerprint density at radius 1 is 1.26 bits per heavy atom. The Kier molecular flexibility index (Phi) is 5.48. The number of amides is 1. The molecule has 5 heteroatoms. The molecule has 1 N–H and O–H groups in total. The highest BCUT2D eigenvalue weighted by molar-refractivity contribution is 5.96. The Hall–Kier alpha value is -1.91. The van der Waals surface area contributed by atoms with E-state index in [9.17, 15) is 14.0 Å². The van der Waals surface area contributed by atoms with Crippen molar-refractivity contribution < 1.29 is 18.7 Å². The summed E-state index contributed by atoms with van der Waals surface area (Å²) in [5, 5.41) is 2.60. The highest BCUT2D eigenvalue weighted by Crippen LogP contribution is 2.07. The lowest BCUT2D eigenvalue weighted by molar-refractivity contribution is -0.146. The lowest BCUT2D eigenvalue weighted by Gasteiger charge is -2.20. The standard InChI is InChI=1S/C14H18FNO3/c1-4-19-14(18)12(9(2)3)16-13(17)10-5-7-11(15)8-6-10/h5-9,12H,4H2,1-3H3,(H,16,17). The van der Waals surface area contributed by atoms with Gasteiger partial charge in [0, 0.05) is 5.56 Å². The van der Waals surface area contributed by atoms with E-state index >= 15 is 0 Å². The van der Waals surface area contributed by atoms with Gasteiger partial charge in [0.25, 0.3) is 5.91 Å². The maximum Gasteiger partial charge on any atom is 0.328 e. The quantitative estimate of drug-likeness (QED) is 0.832. The van der Waals surface area contributed by atoms with Crippen LogP contribution < -0.4 is 5.32 Å². The van der Waals surface area contributed by atoms with Crippen LogP contribution >= 0.6 is 0 Å². The molecule has 0 spiro atoms. The van der Waals surface area contributed by atoms with Gasteiger partial charge in [0.2, 0.25) is 0 Å². The summed E-state index contributed by atoms with van der Waals surface area (Å²) in [4.78, 5) is 23.6. The number of esters is 1. The number of benzene rings is 1. The Morgan fingerprint density at radius 2 is 1.84 bits per heavy atom. The molecule has 1 atom stereocenters. The number of halogens is 1.